The Hall–Kier alpha value is -2.81. The van der Waals surface area contributed by atoms with Crippen LogP contribution in [-0.4, -0.2) is 22.3 Å². The van der Waals surface area contributed by atoms with E-state index in [4.69, 9.17) is 10.00 Å². The third kappa shape index (κ3) is 2.21. The summed E-state index contributed by atoms with van der Waals surface area (Å²) in [7, 11) is 0. The Labute approximate surface area is 115 Å². The van der Waals surface area contributed by atoms with Gasteiger partial charge in [-0.3, -0.25) is 4.79 Å². The van der Waals surface area contributed by atoms with Gasteiger partial charge in [0.1, 0.15) is 6.07 Å². The maximum Gasteiger partial charge on any atom is 0.276 e. The van der Waals surface area contributed by atoms with Crippen LogP contribution in [0.25, 0.3) is 0 Å². The van der Waals surface area contributed by atoms with Gasteiger partial charge in [-0.25, -0.2) is 4.68 Å². The van der Waals surface area contributed by atoms with Crippen molar-refractivity contribution in [2.45, 2.75) is 13.0 Å². The van der Waals surface area contributed by atoms with Crippen LogP contribution in [0.3, 0.4) is 0 Å². The minimum absolute atomic E-state index is 0.287. The number of para-hydroxylation sites is 1. The van der Waals surface area contributed by atoms with Crippen LogP contribution >= 0.6 is 0 Å². The SMILES string of the molecule is N#Cc1ccccc1NC(=O)c1cc2n(n1)CCCO2. The summed E-state index contributed by atoms with van der Waals surface area (Å²) in [5.74, 6) is 0.258. The summed E-state index contributed by atoms with van der Waals surface area (Å²) in [5.41, 5.74) is 1.18. The Bertz CT molecular complexity index is 676. The zero-order valence-electron chi connectivity index (χ0n) is 10.7. The summed E-state index contributed by atoms with van der Waals surface area (Å²) in [6.07, 6.45) is 0.882. The van der Waals surface area contributed by atoms with Crippen LogP contribution < -0.4 is 10.1 Å². The highest BCUT2D eigenvalue weighted by atomic mass is 16.5. The van der Waals surface area contributed by atoms with Crippen molar-refractivity contribution in [2.75, 3.05) is 11.9 Å². The molecule has 0 fully saturated rings. The van der Waals surface area contributed by atoms with Gasteiger partial charge in [-0.2, -0.15) is 10.4 Å². The summed E-state index contributed by atoms with van der Waals surface area (Å²) < 4.78 is 7.09. The van der Waals surface area contributed by atoms with Gasteiger partial charge in [0.25, 0.3) is 5.91 Å². The number of carbonyl (C=O) groups is 1. The van der Waals surface area contributed by atoms with E-state index in [2.05, 4.69) is 10.4 Å². The smallest absolute Gasteiger partial charge is 0.276 e. The number of benzene rings is 1. The van der Waals surface area contributed by atoms with Gasteiger partial charge in [-0.1, -0.05) is 12.1 Å². The molecular formula is C14H12N4O2. The molecule has 0 spiro atoms. The summed E-state index contributed by atoms with van der Waals surface area (Å²) in [6.45, 7) is 1.39. The minimum atomic E-state index is -0.349. The first-order chi connectivity index (χ1) is 9.78. The van der Waals surface area contributed by atoms with Gasteiger partial charge in [-0.15, -0.1) is 0 Å². The molecule has 0 unspecified atom stereocenters. The molecule has 0 saturated heterocycles. The van der Waals surface area contributed by atoms with Crippen molar-refractivity contribution in [2.24, 2.45) is 0 Å². The van der Waals surface area contributed by atoms with Gasteiger partial charge < -0.3 is 10.1 Å². The van der Waals surface area contributed by atoms with Gasteiger partial charge in [0.05, 0.1) is 17.9 Å². The number of carbonyl (C=O) groups excluding carboxylic acids is 1. The lowest BCUT2D eigenvalue weighted by molar-refractivity contribution is 0.102. The number of aromatic nitrogens is 2. The van der Waals surface area contributed by atoms with Crippen LogP contribution in [0.5, 0.6) is 5.88 Å². The molecule has 6 heteroatoms. The van der Waals surface area contributed by atoms with Gasteiger partial charge in [0, 0.05) is 19.0 Å². The van der Waals surface area contributed by atoms with Gasteiger partial charge in [-0.05, 0) is 12.1 Å². The number of anilines is 1. The van der Waals surface area contributed by atoms with Gasteiger partial charge in [0.15, 0.2) is 5.69 Å². The Kier molecular flexibility index (Phi) is 3.09. The molecule has 1 aromatic heterocycles. The highest BCUT2D eigenvalue weighted by Gasteiger charge is 2.18. The number of ether oxygens (including phenoxy) is 1. The monoisotopic (exact) mass is 268 g/mol. The Morgan fingerprint density at radius 1 is 1.45 bits per heavy atom. The number of rotatable bonds is 2. The van der Waals surface area contributed by atoms with Gasteiger partial charge >= 0.3 is 0 Å². The van der Waals surface area contributed by atoms with Crippen LogP contribution in [0.15, 0.2) is 30.3 Å². The van der Waals surface area contributed by atoms with E-state index in [1.54, 1.807) is 35.0 Å². The zero-order valence-corrected chi connectivity index (χ0v) is 10.7. The molecule has 100 valence electrons. The Morgan fingerprint density at radius 3 is 3.10 bits per heavy atom. The van der Waals surface area contributed by atoms with Crippen LogP contribution in [0.1, 0.15) is 22.5 Å². The van der Waals surface area contributed by atoms with Crippen LogP contribution in [0.2, 0.25) is 0 Å². The van der Waals surface area contributed by atoms with Gasteiger partial charge in [0.2, 0.25) is 5.88 Å². The van der Waals surface area contributed by atoms with Crippen LogP contribution in [-0.2, 0) is 6.54 Å². The van der Waals surface area contributed by atoms with Crippen molar-refractivity contribution in [3.8, 4) is 11.9 Å². The number of amides is 1. The fraction of sp³-hybridized carbons (Fsp3) is 0.214. The normalized spacial score (nSPS) is 12.9. The summed E-state index contributed by atoms with van der Waals surface area (Å²) in [4.78, 5) is 12.1. The third-order valence-corrected chi connectivity index (χ3v) is 3.04. The molecule has 1 amide bonds. The average Bonchev–Trinajstić information content (AvgIpc) is 2.92. The van der Waals surface area contributed by atoms with Crippen molar-refractivity contribution in [3.63, 3.8) is 0 Å². The number of hydrogen-bond acceptors (Lipinski definition) is 4. The number of hydrogen-bond donors (Lipinski definition) is 1. The molecule has 0 atom stereocenters. The number of nitrogens with one attached hydrogen (secondary N) is 1. The second kappa shape index (κ2) is 5.05. The summed E-state index contributed by atoms with van der Waals surface area (Å²) in [6, 6.07) is 10.5. The Morgan fingerprint density at radius 2 is 2.30 bits per heavy atom. The Balaban J connectivity index is 1.83. The predicted octanol–water partition coefficient (Wildman–Crippen LogP) is 1.79. The van der Waals surface area contributed by atoms with E-state index in [0.717, 1.165) is 13.0 Å². The lowest BCUT2D eigenvalue weighted by Gasteiger charge is -2.13. The number of aryl methyl sites for hydroxylation is 1. The minimum Gasteiger partial charge on any atom is -0.478 e. The molecule has 20 heavy (non-hydrogen) atoms. The largest absolute Gasteiger partial charge is 0.478 e. The maximum atomic E-state index is 12.1. The van der Waals surface area contributed by atoms with E-state index in [0.29, 0.717) is 23.7 Å². The van der Waals surface area contributed by atoms with Crippen LogP contribution in [0.4, 0.5) is 5.69 Å². The fourth-order valence-electron chi connectivity index (χ4n) is 2.05. The highest BCUT2D eigenvalue weighted by Crippen LogP contribution is 2.20. The first-order valence-corrected chi connectivity index (χ1v) is 6.29. The first-order valence-electron chi connectivity index (χ1n) is 6.29. The van der Waals surface area contributed by atoms with E-state index in [1.165, 1.54) is 0 Å². The molecule has 2 aromatic rings. The summed E-state index contributed by atoms with van der Waals surface area (Å²) in [5, 5.41) is 15.9. The molecule has 0 saturated carbocycles. The van der Waals surface area contributed by atoms with Crippen molar-refractivity contribution < 1.29 is 9.53 Å². The molecule has 2 heterocycles. The second-order valence-corrected chi connectivity index (χ2v) is 4.40. The first kappa shape index (κ1) is 12.2. The molecule has 0 bridgehead atoms. The lowest BCUT2D eigenvalue weighted by atomic mass is 10.2. The molecule has 1 aliphatic rings. The molecule has 3 rings (SSSR count). The number of nitrogens with zero attached hydrogens (tertiary/aromatic N) is 3. The molecule has 0 aliphatic carbocycles. The molecule has 6 nitrogen and oxygen atoms in total. The van der Waals surface area contributed by atoms with Crippen molar-refractivity contribution >= 4 is 11.6 Å². The van der Waals surface area contributed by atoms with E-state index >= 15 is 0 Å². The highest BCUT2D eigenvalue weighted by molar-refractivity contribution is 6.03. The average molecular weight is 268 g/mol. The van der Waals surface area contributed by atoms with E-state index in [1.807, 2.05) is 6.07 Å². The maximum absolute atomic E-state index is 12.1. The standard InChI is InChI=1S/C14H12N4O2/c15-9-10-4-1-2-5-11(10)16-14(19)12-8-13-18(17-12)6-3-7-20-13/h1-2,4-5,8H,3,6-7H2,(H,16,19). The molecular weight excluding hydrogens is 256 g/mol. The summed E-state index contributed by atoms with van der Waals surface area (Å²) >= 11 is 0. The number of fused-ring (bicyclic) bond motifs is 1. The number of nitriles is 1. The van der Waals surface area contributed by atoms with E-state index in [-0.39, 0.29) is 11.6 Å². The van der Waals surface area contributed by atoms with E-state index < -0.39 is 0 Å². The molecule has 1 aliphatic heterocycles. The van der Waals surface area contributed by atoms with Crippen molar-refractivity contribution in [3.05, 3.63) is 41.6 Å². The second-order valence-electron chi connectivity index (χ2n) is 4.40. The fourth-order valence-corrected chi connectivity index (χ4v) is 2.05. The zero-order chi connectivity index (χ0) is 13.9. The molecule has 1 aromatic carbocycles. The molecule has 0 radical (unpaired) electrons. The third-order valence-electron chi connectivity index (χ3n) is 3.04. The topological polar surface area (TPSA) is 79.9 Å². The predicted molar refractivity (Wildman–Crippen MR) is 71.4 cm³/mol. The van der Waals surface area contributed by atoms with E-state index in [9.17, 15) is 4.79 Å². The van der Waals surface area contributed by atoms with Crippen LogP contribution in [0, 0.1) is 11.3 Å². The molecule has 1 N–H and O–H groups in total. The quantitative estimate of drug-likeness (QED) is 0.900. The lowest BCUT2D eigenvalue weighted by Crippen LogP contribution is -2.16. The van der Waals surface area contributed by atoms with Crippen molar-refractivity contribution in [1.82, 2.24) is 9.78 Å². The van der Waals surface area contributed by atoms with Crippen molar-refractivity contribution in [1.29, 1.82) is 5.26 Å².